The third-order valence-corrected chi connectivity index (χ3v) is 0.631. The topological polar surface area (TPSA) is 17.1 Å². The molecule has 0 saturated carbocycles. The summed E-state index contributed by atoms with van der Waals surface area (Å²) in [5.74, 6) is 10.1. The molecular weight excluding hydrogens is 124 g/mol. The standard InChI is InChI=1S/C9H10O/c1-9(2,3)7-5-4-6-8-10/h8H,1-3H3. The molecule has 0 rings (SSSR count). The van der Waals surface area contributed by atoms with Crippen LogP contribution in [0.15, 0.2) is 0 Å². The van der Waals surface area contributed by atoms with Gasteiger partial charge in [0.15, 0.2) is 6.29 Å². The molecule has 0 saturated heterocycles. The largest absolute Gasteiger partial charge is 0.289 e. The molecule has 10 heavy (non-hydrogen) atoms. The molecule has 0 bridgehead atoms. The van der Waals surface area contributed by atoms with Crippen LogP contribution in [0, 0.1) is 29.1 Å². The van der Waals surface area contributed by atoms with Crippen molar-refractivity contribution in [1.29, 1.82) is 0 Å². The summed E-state index contributed by atoms with van der Waals surface area (Å²) in [6.07, 6.45) is 0.539. The van der Waals surface area contributed by atoms with Crippen molar-refractivity contribution < 1.29 is 4.79 Å². The molecule has 0 N–H and O–H groups in total. The summed E-state index contributed by atoms with van der Waals surface area (Å²) < 4.78 is 0. The first-order valence-electron chi connectivity index (χ1n) is 3.02. The second kappa shape index (κ2) is 3.75. The van der Waals surface area contributed by atoms with Gasteiger partial charge in [0.2, 0.25) is 0 Å². The highest BCUT2D eigenvalue weighted by molar-refractivity contribution is 5.73. The van der Waals surface area contributed by atoms with Crippen molar-refractivity contribution >= 4 is 6.29 Å². The van der Waals surface area contributed by atoms with Gasteiger partial charge in [-0.15, -0.1) is 0 Å². The molecule has 1 heteroatoms. The molecule has 0 aromatic carbocycles. The van der Waals surface area contributed by atoms with Gasteiger partial charge in [0, 0.05) is 5.41 Å². The quantitative estimate of drug-likeness (QED) is 0.360. The van der Waals surface area contributed by atoms with E-state index in [0.29, 0.717) is 6.29 Å². The van der Waals surface area contributed by atoms with Crippen molar-refractivity contribution in [2.75, 3.05) is 0 Å². The second-order valence-corrected chi connectivity index (χ2v) is 2.89. The van der Waals surface area contributed by atoms with Crippen LogP contribution in [0.4, 0.5) is 0 Å². The Hall–Kier alpha value is -1.21. The lowest BCUT2D eigenvalue weighted by Gasteiger charge is -2.05. The van der Waals surface area contributed by atoms with Gasteiger partial charge in [-0.05, 0) is 38.5 Å². The minimum atomic E-state index is -0.0302. The van der Waals surface area contributed by atoms with E-state index in [1.165, 1.54) is 0 Å². The lowest BCUT2D eigenvalue weighted by atomic mass is 9.98. The Morgan fingerprint density at radius 2 is 1.80 bits per heavy atom. The number of rotatable bonds is 0. The number of carbonyl (C=O) groups excluding carboxylic acids is 1. The van der Waals surface area contributed by atoms with E-state index in [9.17, 15) is 4.79 Å². The van der Waals surface area contributed by atoms with Gasteiger partial charge in [0.25, 0.3) is 0 Å². The lowest BCUT2D eigenvalue weighted by Crippen LogP contribution is -1.98. The molecular formula is C9H10O. The van der Waals surface area contributed by atoms with Crippen LogP contribution in [0.5, 0.6) is 0 Å². The SMILES string of the molecule is CC(C)(C)C#CC#CC=O. The average molecular weight is 134 g/mol. The van der Waals surface area contributed by atoms with Crippen LogP contribution < -0.4 is 0 Å². The van der Waals surface area contributed by atoms with Crippen LogP contribution in [0.1, 0.15) is 20.8 Å². The monoisotopic (exact) mass is 134 g/mol. The van der Waals surface area contributed by atoms with E-state index in [1.54, 1.807) is 0 Å². The van der Waals surface area contributed by atoms with E-state index < -0.39 is 0 Å². The molecule has 0 aromatic heterocycles. The van der Waals surface area contributed by atoms with E-state index in [2.05, 4.69) is 23.7 Å². The van der Waals surface area contributed by atoms with Crippen molar-refractivity contribution in [3.63, 3.8) is 0 Å². The fourth-order valence-electron chi connectivity index (χ4n) is 0.284. The average Bonchev–Trinajstić information content (AvgIpc) is 1.78. The highest BCUT2D eigenvalue weighted by Crippen LogP contribution is 2.09. The highest BCUT2D eigenvalue weighted by Gasteiger charge is 2.02. The highest BCUT2D eigenvalue weighted by atomic mass is 16.1. The van der Waals surface area contributed by atoms with Gasteiger partial charge in [-0.2, -0.15) is 0 Å². The number of carbonyl (C=O) groups is 1. The Bertz CT molecular complexity index is 221. The maximum absolute atomic E-state index is 9.69. The van der Waals surface area contributed by atoms with Crippen LogP contribution in [0.3, 0.4) is 0 Å². The summed E-state index contributed by atoms with van der Waals surface area (Å²) in [5.41, 5.74) is -0.0302. The smallest absolute Gasteiger partial charge is 0.193 e. The Balaban J connectivity index is 4.06. The van der Waals surface area contributed by atoms with Crippen molar-refractivity contribution in [3.8, 4) is 23.7 Å². The first-order valence-corrected chi connectivity index (χ1v) is 3.02. The van der Waals surface area contributed by atoms with Crippen LogP contribution in [0.25, 0.3) is 0 Å². The van der Waals surface area contributed by atoms with Gasteiger partial charge in [-0.1, -0.05) is 5.92 Å². The molecule has 52 valence electrons. The first-order chi connectivity index (χ1) is 4.56. The summed E-state index contributed by atoms with van der Waals surface area (Å²) in [7, 11) is 0. The van der Waals surface area contributed by atoms with Gasteiger partial charge >= 0.3 is 0 Å². The summed E-state index contributed by atoms with van der Waals surface area (Å²) in [4.78, 5) is 9.69. The molecule has 0 aliphatic heterocycles. The predicted molar refractivity (Wildman–Crippen MR) is 41.1 cm³/mol. The number of hydrogen-bond acceptors (Lipinski definition) is 1. The summed E-state index contributed by atoms with van der Waals surface area (Å²) in [6, 6.07) is 0. The fourth-order valence-corrected chi connectivity index (χ4v) is 0.284. The maximum atomic E-state index is 9.69. The van der Waals surface area contributed by atoms with Crippen LogP contribution in [-0.2, 0) is 4.79 Å². The predicted octanol–water partition coefficient (Wildman–Crippen LogP) is 1.24. The van der Waals surface area contributed by atoms with E-state index in [1.807, 2.05) is 20.8 Å². The van der Waals surface area contributed by atoms with Gasteiger partial charge in [0.1, 0.15) is 0 Å². The Labute approximate surface area is 61.8 Å². The van der Waals surface area contributed by atoms with Crippen molar-refractivity contribution in [1.82, 2.24) is 0 Å². The third-order valence-electron chi connectivity index (χ3n) is 0.631. The first kappa shape index (κ1) is 8.79. The molecule has 0 heterocycles. The molecule has 0 aliphatic carbocycles. The van der Waals surface area contributed by atoms with E-state index in [4.69, 9.17) is 0 Å². The molecule has 0 aliphatic rings. The Morgan fingerprint density at radius 1 is 1.20 bits per heavy atom. The summed E-state index contributed by atoms with van der Waals surface area (Å²) in [5, 5.41) is 0. The molecule has 0 unspecified atom stereocenters. The van der Waals surface area contributed by atoms with Crippen molar-refractivity contribution in [2.24, 2.45) is 5.41 Å². The van der Waals surface area contributed by atoms with Gasteiger partial charge in [-0.25, -0.2) is 0 Å². The van der Waals surface area contributed by atoms with Gasteiger partial charge in [-0.3, -0.25) is 4.79 Å². The maximum Gasteiger partial charge on any atom is 0.193 e. The van der Waals surface area contributed by atoms with E-state index in [-0.39, 0.29) is 5.41 Å². The number of hydrogen-bond donors (Lipinski definition) is 0. The van der Waals surface area contributed by atoms with Crippen LogP contribution in [-0.4, -0.2) is 6.29 Å². The third kappa shape index (κ3) is 6.79. The number of aldehydes is 1. The zero-order chi connectivity index (χ0) is 8.04. The normalized spacial score (nSPS) is 8.30. The Morgan fingerprint density at radius 3 is 2.20 bits per heavy atom. The van der Waals surface area contributed by atoms with E-state index >= 15 is 0 Å². The molecule has 0 aromatic rings. The molecule has 0 spiro atoms. The van der Waals surface area contributed by atoms with Gasteiger partial charge in [0.05, 0.1) is 0 Å². The molecule has 0 amide bonds. The van der Waals surface area contributed by atoms with E-state index in [0.717, 1.165) is 0 Å². The molecule has 0 fully saturated rings. The second-order valence-electron chi connectivity index (χ2n) is 2.89. The minimum Gasteiger partial charge on any atom is -0.289 e. The Kier molecular flexibility index (Phi) is 3.29. The van der Waals surface area contributed by atoms with Crippen molar-refractivity contribution in [2.45, 2.75) is 20.8 Å². The minimum absolute atomic E-state index is 0.0302. The fraction of sp³-hybridized carbons (Fsp3) is 0.444. The van der Waals surface area contributed by atoms with Crippen LogP contribution in [0.2, 0.25) is 0 Å². The lowest BCUT2D eigenvalue weighted by molar-refractivity contribution is -0.103. The van der Waals surface area contributed by atoms with Crippen LogP contribution >= 0.6 is 0 Å². The summed E-state index contributed by atoms with van der Waals surface area (Å²) >= 11 is 0. The zero-order valence-corrected chi connectivity index (χ0v) is 6.49. The molecule has 0 atom stereocenters. The summed E-state index contributed by atoms with van der Waals surface area (Å²) in [6.45, 7) is 5.97. The van der Waals surface area contributed by atoms with Gasteiger partial charge < -0.3 is 0 Å². The molecule has 1 nitrogen and oxygen atoms in total. The molecule has 0 radical (unpaired) electrons. The van der Waals surface area contributed by atoms with Crippen molar-refractivity contribution in [3.05, 3.63) is 0 Å². The zero-order valence-electron chi connectivity index (χ0n) is 6.49.